The zero-order chi connectivity index (χ0) is 107. The Bertz CT molecular complexity index is 6170. The number of halogens is 10. The van der Waals surface area contributed by atoms with Gasteiger partial charge in [-0.25, -0.2) is 101 Å². The number of carbonyl (C=O) groups is 12. The predicted molar refractivity (Wildman–Crippen MR) is 501 cm³/mol. The van der Waals surface area contributed by atoms with Crippen molar-refractivity contribution < 1.29 is 163 Å². The number of methoxy groups -OCH3 is 12. The van der Waals surface area contributed by atoms with Gasteiger partial charge in [-0.05, 0) is 199 Å². The van der Waals surface area contributed by atoms with Crippen molar-refractivity contribution in [2.45, 2.75) is 157 Å². The average molecular weight is 2000 g/mol. The van der Waals surface area contributed by atoms with Gasteiger partial charge in [0.15, 0.2) is 23.3 Å². The fourth-order valence-electron chi connectivity index (χ4n) is 18.4. The molecular weight excluding hydrogens is 1890 g/mol. The molecule has 35 heteroatoms. The van der Waals surface area contributed by atoms with Gasteiger partial charge in [-0.2, -0.15) is 0 Å². The Morgan fingerprint density at radius 3 is 0.748 bits per heavy atom. The topological polar surface area (TPSA) is 336 Å². The van der Waals surface area contributed by atoms with Gasteiger partial charge in [0.25, 0.3) is 0 Å². The molecule has 1 N–H and O–H groups in total. The summed E-state index contributed by atoms with van der Waals surface area (Å²) < 4.78 is 197. The Morgan fingerprint density at radius 2 is 0.455 bits per heavy atom. The van der Waals surface area contributed by atoms with Crippen LogP contribution in [0.5, 0.6) is 5.75 Å². The van der Waals surface area contributed by atoms with Crippen LogP contribution in [0.4, 0.5) is 43.9 Å². The van der Waals surface area contributed by atoms with Gasteiger partial charge in [0.2, 0.25) is 0 Å². The fraction of sp³-hybridized carbons (Fsp3) is 0.333. The molecule has 6 aliphatic carbocycles. The molecule has 0 aromatic heterocycles. The number of hydrogen-bond donors (Lipinski definition) is 1. The average Bonchev–Trinajstić information content (AvgIpc) is 0.703. The van der Waals surface area contributed by atoms with Crippen LogP contribution < -0.4 is 0 Å². The van der Waals surface area contributed by atoms with Crippen molar-refractivity contribution in [2.24, 2.45) is 0 Å². The molecule has 25 nitrogen and oxygen atoms in total. The maximum atomic E-state index is 14.4. The molecule has 6 aliphatic rings. The van der Waals surface area contributed by atoms with Gasteiger partial charge in [0.1, 0.15) is 40.7 Å². The molecule has 143 heavy (non-hydrogen) atoms. The lowest BCUT2D eigenvalue weighted by Crippen LogP contribution is -2.27. The van der Waals surface area contributed by atoms with E-state index < -0.39 is 165 Å². The molecule has 0 saturated heterocycles. The Kier molecular flexibility index (Phi) is 40.9. The van der Waals surface area contributed by atoms with Crippen LogP contribution in [0.15, 0.2) is 249 Å². The largest absolute Gasteiger partial charge is 0.508 e. The summed E-state index contributed by atoms with van der Waals surface area (Å²) >= 11 is 0. The summed E-state index contributed by atoms with van der Waals surface area (Å²) in [7, 11) is 14.7. The van der Waals surface area contributed by atoms with Crippen molar-refractivity contribution in [3.05, 3.63) is 341 Å². The molecule has 6 aromatic rings. The maximum absolute atomic E-state index is 14.4. The Labute approximate surface area is 819 Å². The van der Waals surface area contributed by atoms with Crippen LogP contribution >= 0.6 is 0 Å². The third-order valence-corrected chi connectivity index (χ3v) is 24.7. The van der Waals surface area contributed by atoms with E-state index in [1.165, 1.54) is 128 Å². The summed E-state index contributed by atoms with van der Waals surface area (Å²) in [5.41, 5.74) is 11.1. The van der Waals surface area contributed by atoms with Gasteiger partial charge in [0.05, 0.1) is 109 Å². The van der Waals surface area contributed by atoms with Gasteiger partial charge in [-0.3, -0.25) is 0 Å². The third-order valence-electron chi connectivity index (χ3n) is 24.7. The van der Waals surface area contributed by atoms with Crippen LogP contribution in [-0.4, -0.2) is 162 Å². The zero-order valence-corrected chi connectivity index (χ0v) is 83.2. The second-order valence-corrected chi connectivity index (χ2v) is 33.8. The van der Waals surface area contributed by atoms with Crippen molar-refractivity contribution in [2.75, 3.05) is 85.3 Å². The van der Waals surface area contributed by atoms with E-state index >= 15 is 0 Å². The minimum Gasteiger partial charge on any atom is -0.508 e. The molecule has 0 aliphatic heterocycles. The number of rotatable bonds is 18. The maximum Gasteiger partial charge on any atom is 0.334 e. The SMILES string of the molecule is COC(=O)C1=C(C)CC(C)=C(C(=O)OC)C1c1c(F)cccc1F.COC(=O)C1=C(C)CC(C)=C(C(=O)OC)C1c1cc(F)ccc1F.COC(=O)C1=C(C)CC(C)=C(C(=O)OC)C1c1ccc(F)c(F)c1.COC(=O)C1=C(C)CC(C)=C(C(=O)OC)C1c1ccc(F)cc1F.COC(=O)C1=C(C)CC(C)=C(C(=O)OC)C1c1ccc(O)cc1.COC(=O)C1=C(C)CC(C)=C(C(=O)OC)C1c1cccc(F)c1F. The molecule has 0 bridgehead atoms. The monoisotopic (exact) mass is 2000 g/mol. The lowest BCUT2D eigenvalue weighted by atomic mass is 9.74. The number of benzene rings is 6. The molecule has 0 amide bonds. The van der Waals surface area contributed by atoms with Gasteiger partial charge < -0.3 is 61.9 Å². The molecule has 12 rings (SSSR count). The van der Waals surface area contributed by atoms with Crippen molar-refractivity contribution in [1.29, 1.82) is 0 Å². The van der Waals surface area contributed by atoms with Crippen molar-refractivity contribution in [1.82, 2.24) is 0 Å². The standard InChI is InChI=1S/5C18H18F2O4.C18H20O5/c1-9-7-10(2)15(18(22)24-4)16(14(9)17(21)23-3)12-8-11(19)5-6-13(12)20;1-9-7-10(2)15(18(22)24-4)16(14(9)17(21)23-3)12-6-5-11(19)8-13(12)20;1-9-7-10(2)15(18(22)24-4)16(14(9)17(21)23-3)11-5-6-12(19)13(20)8-11;1-9-8-10(2)14(18(22)24-4)15(13(9)17(21)23-3)11-6-5-7-12(19)16(11)20;1-9-8-10(2)14(18(22)24-4)16(13(9)17(21)23-3)15-11(19)6-5-7-12(15)20;1-10-9-11(2)15(18(21)23-4)16(14(10)17(20)22-3)12-5-7-13(19)8-6-12/h3*5-6,8,16H,7H2,1-4H3;5-7,15H,8H2,1-4H3;5-7,16H,8H2,1-4H3;5-8,16,19H,9H2,1-4H3. The molecule has 0 saturated carbocycles. The highest BCUT2D eigenvalue weighted by Crippen LogP contribution is 2.51. The van der Waals surface area contributed by atoms with Gasteiger partial charge >= 0.3 is 71.6 Å². The van der Waals surface area contributed by atoms with Crippen LogP contribution in [-0.2, 0) is 114 Å². The summed E-state index contributed by atoms with van der Waals surface area (Å²) in [6.45, 7) is 20.8. The first-order valence-corrected chi connectivity index (χ1v) is 43.9. The van der Waals surface area contributed by atoms with Crippen LogP contribution in [0, 0.1) is 58.2 Å². The van der Waals surface area contributed by atoms with Gasteiger partial charge in [-0.1, -0.05) is 109 Å². The lowest BCUT2D eigenvalue weighted by Gasteiger charge is -2.29. The van der Waals surface area contributed by atoms with E-state index in [0.717, 1.165) is 77.4 Å². The number of ether oxygens (including phenoxy) is 12. The van der Waals surface area contributed by atoms with Gasteiger partial charge in [-0.15, -0.1) is 0 Å². The molecule has 762 valence electrons. The third kappa shape index (κ3) is 25.7. The number of aromatic hydroxyl groups is 1. The molecule has 0 fully saturated rings. The zero-order valence-electron chi connectivity index (χ0n) is 83.2. The lowest BCUT2D eigenvalue weighted by molar-refractivity contribution is -0.139. The van der Waals surface area contributed by atoms with Crippen LogP contribution in [0.1, 0.15) is 190 Å². The summed E-state index contributed by atoms with van der Waals surface area (Å²) in [6.07, 6.45) is 2.30. The quantitative estimate of drug-likeness (QED) is 0.0474. The van der Waals surface area contributed by atoms with Crippen LogP contribution in [0.2, 0.25) is 0 Å². The number of phenolic OH excluding ortho intramolecular Hbond substituents is 1. The molecule has 0 spiro atoms. The first-order chi connectivity index (χ1) is 67.5. The van der Waals surface area contributed by atoms with Gasteiger partial charge in [0, 0.05) is 107 Å². The molecule has 0 atom stereocenters. The number of carbonyl (C=O) groups excluding carboxylic acids is 12. The van der Waals surface area contributed by atoms with Crippen molar-refractivity contribution in [3.63, 3.8) is 0 Å². The fourth-order valence-corrected chi connectivity index (χ4v) is 18.4. The first kappa shape index (κ1) is 115. The number of allylic oxidation sites excluding steroid dienone is 12. The van der Waals surface area contributed by atoms with Crippen LogP contribution in [0.3, 0.4) is 0 Å². The van der Waals surface area contributed by atoms with E-state index in [-0.39, 0.29) is 89.3 Å². The van der Waals surface area contributed by atoms with E-state index in [1.54, 1.807) is 81.4 Å². The predicted octanol–water partition coefficient (Wildman–Crippen LogP) is 20.0. The molecule has 6 aromatic carbocycles. The Morgan fingerprint density at radius 1 is 0.217 bits per heavy atom. The minimum absolute atomic E-state index is 0.0237. The summed E-state index contributed by atoms with van der Waals surface area (Å²) in [5, 5.41) is 9.49. The first-order valence-electron chi connectivity index (χ1n) is 43.9. The van der Waals surface area contributed by atoms with Crippen molar-refractivity contribution >= 4 is 71.6 Å². The molecular formula is C108H110F10O25. The van der Waals surface area contributed by atoms with Crippen LogP contribution in [0.25, 0.3) is 0 Å². The molecule has 0 heterocycles. The smallest absolute Gasteiger partial charge is 0.334 e. The van der Waals surface area contributed by atoms with E-state index in [1.807, 2.05) is 13.8 Å². The highest BCUT2D eigenvalue weighted by atomic mass is 19.2. The Balaban J connectivity index is 0.000000233. The number of esters is 12. The van der Waals surface area contributed by atoms with E-state index in [9.17, 15) is 107 Å². The number of hydrogen-bond acceptors (Lipinski definition) is 25. The normalized spacial score (nSPS) is 15.6. The molecule has 0 unspecified atom stereocenters. The number of phenols is 1. The minimum atomic E-state index is -1.21. The van der Waals surface area contributed by atoms with Crippen molar-refractivity contribution in [3.8, 4) is 5.75 Å². The second kappa shape index (κ2) is 50.9. The summed E-state index contributed by atoms with van der Waals surface area (Å²) in [6, 6.07) is 22.7. The summed E-state index contributed by atoms with van der Waals surface area (Å²) in [4.78, 5) is 147. The van der Waals surface area contributed by atoms with E-state index in [2.05, 4.69) is 0 Å². The second-order valence-electron chi connectivity index (χ2n) is 33.8. The highest BCUT2D eigenvalue weighted by Gasteiger charge is 2.46. The highest BCUT2D eigenvalue weighted by molar-refractivity contribution is 6.05. The Hall–Kier alpha value is -15.1. The molecule has 0 radical (unpaired) electrons. The summed E-state index contributed by atoms with van der Waals surface area (Å²) in [5.74, 6) is -22.2. The van der Waals surface area contributed by atoms with E-state index in [0.29, 0.717) is 105 Å². The van der Waals surface area contributed by atoms with E-state index in [4.69, 9.17) is 56.8 Å².